The van der Waals surface area contributed by atoms with Crippen molar-refractivity contribution in [3.63, 3.8) is 0 Å². The molecular formula is C36H30N2O6Y6-6. The molecule has 0 aromatic heterocycles. The van der Waals surface area contributed by atoms with Crippen LogP contribution in [0, 0.1) is 95.8 Å². The summed E-state index contributed by atoms with van der Waals surface area (Å²) in [4.78, 5) is 23.5. The molecule has 4 rings (SSSR count). The Balaban J connectivity index is -0.000000126. The van der Waals surface area contributed by atoms with Gasteiger partial charge in [0.2, 0.25) is 5.70 Å². The van der Waals surface area contributed by atoms with Gasteiger partial charge in [0.25, 0.3) is 0 Å². The zero-order valence-electron chi connectivity index (χ0n) is 28.6. The van der Waals surface area contributed by atoms with Gasteiger partial charge in [0.15, 0.2) is 0 Å². The summed E-state index contributed by atoms with van der Waals surface area (Å²) in [7, 11) is 0. The molecule has 50 heavy (non-hydrogen) atoms. The summed E-state index contributed by atoms with van der Waals surface area (Å²) in [5.41, 5.74) is 6.46. The molecule has 0 atom stereocenters. The second kappa shape index (κ2) is 34.3. The molecule has 8 nitrogen and oxygen atoms in total. The number of aromatic hydroxyl groups is 4. The van der Waals surface area contributed by atoms with Crippen LogP contribution < -0.4 is 0 Å². The minimum atomic E-state index is -0.0523. The van der Waals surface area contributed by atoms with Crippen LogP contribution in [0.1, 0.15) is 59.7 Å². The second-order valence-corrected chi connectivity index (χ2v) is 9.21. The molecule has 0 aliphatic carbocycles. The Kier molecular flexibility index (Phi) is 43.0. The molecule has 4 aromatic carbocycles. The number of hydrogen-bond acceptors (Lipinski definition) is 7. The van der Waals surface area contributed by atoms with Crippen molar-refractivity contribution >= 4 is 18.6 Å². The molecule has 4 N–H and O–H groups in total. The van der Waals surface area contributed by atoms with E-state index in [1.54, 1.807) is 45.9 Å². The minimum Gasteiger partial charge on any atom is -0.559 e. The number of allylic oxidation sites excluding steroid dienone is 1. The molecule has 0 heterocycles. The van der Waals surface area contributed by atoms with E-state index in [9.17, 15) is 14.7 Å². The van der Waals surface area contributed by atoms with Crippen molar-refractivity contribution < 1.29 is 226 Å². The summed E-state index contributed by atoms with van der Waals surface area (Å²) in [6, 6.07) is 25.7. The monoisotopic (exact) mass is 1120 g/mol. The molecule has 6 radical (unpaired) electrons. The zero-order valence-corrected chi connectivity index (χ0v) is 45.6. The summed E-state index contributed by atoms with van der Waals surface area (Å²) >= 11 is 0. The van der Waals surface area contributed by atoms with E-state index in [1.807, 2.05) is 19.9 Å². The standard InChI is InChI=1S/C12H8N2O.C9H8O2.C8H8O.C7H6O2.6Y/c1-8-4-11(15)5-9(2)12(8)6-10(7-13)14-3;1-6-3-8(11)4-7(2)9(6)5-10;1-6-3-7(2)5-8(9)4-6;8-5-6-1-3-7(9)4-2-6;;;;;;/h6,15H,1-2H3;5,11H,1-2H3;3,9H,1-2H3;1-5,9H;;;;;;/q3*-2;;;;;;;/b10-6+;;;;;;;;;. The Bertz CT molecular complexity index is 1620. The van der Waals surface area contributed by atoms with Gasteiger partial charge in [-0.15, -0.1) is 23.3 Å². The number of carbonyl (C=O) groups is 2. The Hall–Kier alpha value is 0.763. The summed E-state index contributed by atoms with van der Waals surface area (Å²) in [6.07, 6.45) is 2.96. The van der Waals surface area contributed by atoms with Crippen LogP contribution in [0.3, 0.4) is 0 Å². The van der Waals surface area contributed by atoms with Gasteiger partial charge in [-0.3, -0.25) is 49.8 Å². The number of benzene rings is 4. The number of nitriles is 1. The van der Waals surface area contributed by atoms with Crippen LogP contribution in [0.15, 0.2) is 36.0 Å². The topological polar surface area (TPSA) is 143 Å². The second-order valence-electron chi connectivity index (χ2n) is 9.21. The third-order valence-electron chi connectivity index (χ3n) is 5.57. The van der Waals surface area contributed by atoms with Crippen LogP contribution in [-0.4, -0.2) is 33.0 Å². The summed E-state index contributed by atoms with van der Waals surface area (Å²) in [5, 5.41) is 44.4. The van der Waals surface area contributed by atoms with E-state index in [0.717, 1.165) is 23.7 Å². The van der Waals surface area contributed by atoms with Crippen molar-refractivity contribution in [2.45, 2.75) is 41.5 Å². The van der Waals surface area contributed by atoms with Crippen molar-refractivity contribution in [2.24, 2.45) is 0 Å². The number of aryl methyl sites for hydroxylation is 6. The predicted molar refractivity (Wildman–Crippen MR) is 165 cm³/mol. The van der Waals surface area contributed by atoms with E-state index in [1.165, 1.54) is 18.2 Å². The molecule has 244 valence electrons. The van der Waals surface area contributed by atoms with Gasteiger partial charge in [-0.2, -0.15) is 0 Å². The summed E-state index contributed by atoms with van der Waals surface area (Å²) in [5.74, 6) is 0.196. The van der Waals surface area contributed by atoms with E-state index < -0.39 is 0 Å². The van der Waals surface area contributed by atoms with Crippen molar-refractivity contribution in [3.05, 3.63) is 134 Å². The third kappa shape index (κ3) is 25.0. The number of carbonyl (C=O) groups excluding carboxylic acids is 2. The Morgan fingerprint density at radius 1 is 0.640 bits per heavy atom. The largest absolute Gasteiger partial charge is 0.559 e. The number of hydrogen-bond donors (Lipinski definition) is 4. The minimum absolute atomic E-state index is 0. The molecule has 0 unspecified atom stereocenters. The fourth-order valence-electron chi connectivity index (χ4n) is 3.58. The molecule has 0 aliphatic heterocycles. The molecule has 0 aliphatic rings. The quantitative estimate of drug-likeness (QED) is 0.103. The first kappa shape index (κ1) is 62.7. The van der Waals surface area contributed by atoms with Crippen LogP contribution in [0.4, 0.5) is 0 Å². The van der Waals surface area contributed by atoms with Gasteiger partial charge in [-0.1, -0.05) is 41.5 Å². The smallest absolute Gasteiger partial charge is 0.240 e. The fraction of sp³-hybridized carbons (Fsp3) is 0.167. The normalized spacial score (nSPS) is 8.60. The maximum absolute atomic E-state index is 10.4. The molecule has 0 amide bonds. The van der Waals surface area contributed by atoms with Gasteiger partial charge in [0.1, 0.15) is 12.0 Å². The van der Waals surface area contributed by atoms with Crippen molar-refractivity contribution in [1.82, 2.24) is 0 Å². The average Bonchev–Trinajstić information content (AvgIpc) is 2.93. The van der Waals surface area contributed by atoms with Crippen LogP contribution >= 0.6 is 0 Å². The number of phenolic OH excluding ortho intramolecular Hbond substituents is 4. The van der Waals surface area contributed by atoms with Gasteiger partial charge >= 0.3 is 0 Å². The number of rotatable bonds is 3. The first-order valence-corrected chi connectivity index (χ1v) is 12.8. The van der Waals surface area contributed by atoms with E-state index in [0.29, 0.717) is 38.9 Å². The Morgan fingerprint density at radius 2 is 1.00 bits per heavy atom. The van der Waals surface area contributed by atoms with E-state index in [4.69, 9.17) is 27.2 Å². The first-order valence-electron chi connectivity index (χ1n) is 12.8. The van der Waals surface area contributed by atoms with Crippen LogP contribution in [0.5, 0.6) is 23.0 Å². The first-order chi connectivity index (χ1) is 20.7. The van der Waals surface area contributed by atoms with Gasteiger partial charge in [0, 0.05) is 208 Å². The van der Waals surface area contributed by atoms with Crippen molar-refractivity contribution in [1.29, 1.82) is 5.26 Å². The van der Waals surface area contributed by atoms with Gasteiger partial charge in [0.05, 0.1) is 12.6 Å². The molecule has 0 bridgehead atoms. The molecule has 0 spiro atoms. The Labute approximate surface area is 446 Å². The average molecular weight is 1120 g/mol. The summed E-state index contributed by atoms with van der Waals surface area (Å²) in [6.45, 7) is 17.5. The fourth-order valence-corrected chi connectivity index (χ4v) is 3.58. The molecule has 14 heteroatoms. The molecule has 0 saturated carbocycles. The van der Waals surface area contributed by atoms with Gasteiger partial charge in [-0.25, -0.2) is 15.7 Å². The molecule has 4 aromatic rings. The van der Waals surface area contributed by atoms with Crippen molar-refractivity contribution in [2.75, 3.05) is 0 Å². The molecular weight excluding hydrogens is 1090 g/mol. The number of aldehydes is 2. The SMILES string of the molecule is Cc1[c-]c(O)[c-]c(C)c1.Cc1[c-]c(O)[c-]c(C)c1C=O.O=Cc1ccc(O)cc1.[C-]#[N+]/C(C#N)=C/c1c(C)[c-]c(O)[c-]c1C.[Y].[Y].[Y].[Y].[Y].[Y]. The van der Waals surface area contributed by atoms with Crippen LogP contribution in [-0.2, 0) is 196 Å². The predicted octanol–water partition coefficient (Wildman–Crippen LogP) is 6.61. The van der Waals surface area contributed by atoms with E-state index in [2.05, 4.69) is 41.2 Å². The van der Waals surface area contributed by atoms with Crippen LogP contribution in [0.2, 0.25) is 0 Å². The van der Waals surface area contributed by atoms with Crippen LogP contribution in [0.25, 0.3) is 10.9 Å². The number of phenols is 4. The third-order valence-corrected chi connectivity index (χ3v) is 5.57. The maximum atomic E-state index is 10.4. The van der Waals surface area contributed by atoms with Gasteiger partial charge in [-0.05, 0) is 24.3 Å². The summed E-state index contributed by atoms with van der Waals surface area (Å²) < 4.78 is 0. The zero-order chi connectivity index (χ0) is 33.4. The molecule has 0 saturated heterocycles. The molecule has 0 fully saturated rings. The van der Waals surface area contributed by atoms with E-state index in [-0.39, 0.29) is 225 Å². The maximum Gasteiger partial charge on any atom is 0.240 e. The van der Waals surface area contributed by atoms with Gasteiger partial charge < -0.3 is 61.6 Å². The van der Waals surface area contributed by atoms with E-state index >= 15 is 0 Å². The number of nitrogens with zero attached hydrogens (tertiary/aromatic N) is 2. The van der Waals surface area contributed by atoms with Crippen molar-refractivity contribution in [3.8, 4) is 29.1 Å². The Morgan fingerprint density at radius 3 is 1.30 bits per heavy atom.